The Hall–Kier alpha value is -2.61. The van der Waals surface area contributed by atoms with Gasteiger partial charge in [0.1, 0.15) is 0 Å². The molecule has 0 radical (unpaired) electrons. The molecule has 0 heterocycles. The van der Waals surface area contributed by atoms with Crippen molar-refractivity contribution in [3.63, 3.8) is 0 Å². The van der Waals surface area contributed by atoms with Crippen LogP contribution in [0.25, 0.3) is 0 Å². The lowest BCUT2D eigenvalue weighted by molar-refractivity contribution is -0.386. The first kappa shape index (κ1) is 16.8. The second kappa shape index (κ2) is 7.59. The SMILES string of the molecule is CCOc1cc(/C=N/Nc2cccc(Br)c2)cc([N+](=O)[O-])c1O. The van der Waals surface area contributed by atoms with Crippen molar-refractivity contribution in [1.29, 1.82) is 0 Å². The number of ether oxygens (including phenoxy) is 1. The summed E-state index contributed by atoms with van der Waals surface area (Å²) in [6.45, 7) is 2.00. The number of nitrogens with one attached hydrogen (secondary N) is 1. The third kappa shape index (κ3) is 4.43. The van der Waals surface area contributed by atoms with E-state index < -0.39 is 16.4 Å². The first-order chi connectivity index (χ1) is 11.0. The van der Waals surface area contributed by atoms with Crippen molar-refractivity contribution in [3.8, 4) is 11.5 Å². The molecule has 0 aliphatic carbocycles. The van der Waals surface area contributed by atoms with Gasteiger partial charge in [-0.2, -0.15) is 5.10 Å². The minimum atomic E-state index is -0.670. The number of nitro benzene ring substituents is 1. The average Bonchev–Trinajstić information content (AvgIpc) is 2.50. The summed E-state index contributed by atoms with van der Waals surface area (Å²) in [6.07, 6.45) is 1.41. The molecule has 0 amide bonds. The molecule has 2 N–H and O–H groups in total. The van der Waals surface area contributed by atoms with Crippen molar-refractivity contribution in [2.75, 3.05) is 12.0 Å². The van der Waals surface area contributed by atoms with Gasteiger partial charge in [-0.15, -0.1) is 0 Å². The Morgan fingerprint density at radius 1 is 1.43 bits per heavy atom. The zero-order chi connectivity index (χ0) is 16.8. The number of phenols is 1. The summed E-state index contributed by atoms with van der Waals surface area (Å²) in [5.74, 6) is -0.445. The molecule has 0 unspecified atom stereocenters. The largest absolute Gasteiger partial charge is 0.500 e. The molecule has 7 nitrogen and oxygen atoms in total. The van der Waals surface area contributed by atoms with Crippen molar-refractivity contribution in [2.45, 2.75) is 6.92 Å². The molecule has 2 rings (SSSR count). The van der Waals surface area contributed by atoms with E-state index in [1.165, 1.54) is 18.3 Å². The first-order valence-electron chi connectivity index (χ1n) is 6.70. The fourth-order valence-corrected chi connectivity index (χ4v) is 2.23. The average molecular weight is 380 g/mol. The monoisotopic (exact) mass is 379 g/mol. The van der Waals surface area contributed by atoms with Crippen LogP contribution in [0.1, 0.15) is 12.5 Å². The van der Waals surface area contributed by atoms with Gasteiger partial charge in [0.15, 0.2) is 5.75 Å². The van der Waals surface area contributed by atoms with Crippen LogP contribution in [0.5, 0.6) is 11.5 Å². The van der Waals surface area contributed by atoms with Gasteiger partial charge in [0.2, 0.25) is 5.75 Å². The van der Waals surface area contributed by atoms with Crippen molar-refractivity contribution < 1.29 is 14.8 Å². The lowest BCUT2D eigenvalue weighted by atomic mass is 10.2. The van der Waals surface area contributed by atoms with Crippen LogP contribution < -0.4 is 10.2 Å². The van der Waals surface area contributed by atoms with E-state index in [0.717, 1.165) is 10.2 Å². The van der Waals surface area contributed by atoms with E-state index in [9.17, 15) is 15.2 Å². The van der Waals surface area contributed by atoms with E-state index in [0.29, 0.717) is 5.56 Å². The number of halogens is 1. The molecule has 0 aliphatic heterocycles. The Balaban J connectivity index is 2.24. The van der Waals surface area contributed by atoms with Gasteiger partial charge in [-0.05, 0) is 31.2 Å². The standard InChI is InChI=1S/C15H14BrN3O4/c1-2-23-14-7-10(6-13(15(14)20)19(21)22)9-17-18-12-5-3-4-11(16)8-12/h3-9,18,20H,2H2,1H3/b17-9+. The normalized spacial score (nSPS) is 10.7. The molecule has 0 bridgehead atoms. The van der Waals surface area contributed by atoms with Crippen LogP contribution in [-0.2, 0) is 0 Å². The van der Waals surface area contributed by atoms with Crippen molar-refractivity contribution in [3.05, 3.63) is 56.5 Å². The Bertz CT molecular complexity index is 749. The van der Waals surface area contributed by atoms with Gasteiger partial charge in [0.05, 0.1) is 23.4 Å². The second-order valence-electron chi connectivity index (χ2n) is 4.46. The summed E-state index contributed by atoms with van der Waals surface area (Å²) in [4.78, 5) is 10.3. The maximum atomic E-state index is 11.0. The molecule has 0 fully saturated rings. The van der Waals surface area contributed by atoms with Crippen LogP contribution in [0.3, 0.4) is 0 Å². The lowest BCUT2D eigenvalue weighted by Gasteiger charge is -2.07. The number of rotatable bonds is 6. The summed E-state index contributed by atoms with van der Waals surface area (Å²) in [5, 5.41) is 24.8. The fraction of sp³-hybridized carbons (Fsp3) is 0.133. The van der Waals surface area contributed by atoms with E-state index in [-0.39, 0.29) is 12.4 Å². The van der Waals surface area contributed by atoms with Gasteiger partial charge in [-0.25, -0.2) is 0 Å². The van der Waals surface area contributed by atoms with Crippen LogP contribution in [0.15, 0.2) is 46.0 Å². The highest BCUT2D eigenvalue weighted by atomic mass is 79.9. The highest BCUT2D eigenvalue weighted by Crippen LogP contribution is 2.36. The molecule has 0 saturated carbocycles. The summed E-state index contributed by atoms with van der Waals surface area (Å²) in [7, 11) is 0. The van der Waals surface area contributed by atoms with Crippen LogP contribution >= 0.6 is 15.9 Å². The molecular formula is C15H14BrN3O4. The summed E-state index contributed by atoms with van der Waals surface area (Å²) in [5.41, 5.74) is 3.57. The number of hydrogen-bond donors (Lipinski definition) is 2. The number of aromatic hydroxyl groups is 1. The van der Waals surface area contributed by atoms with Gasteiger partial charge < -0.3 is 9.84 Å². The minimum Gasteiger partial charge on any atom is -0.500 e. The predicted molar refractivity (Wildman–Crippen MR) is 91.3 cm³/mol. The Morgan fingerprint density at radius 2 is 2.22 bits per heavy atom. The maximum Gasteiger partial charge on any atom is 0.315 e. The molecule has 2 aromatic rings. The number of hydrogen-bond acceptors (Lipinski definition) is 6. The quantitative estimate of drug-likeness (QED) is 0.450. The number of benzene rings is 2. The fourth-order valence-electron chi connectivity index (χ4n) is 1.83. The lowest BCUT2D eigenvalue weighted by Crippen LogP contribution is -1.98. The van der Waals surface area contributed by atoms with Crippen LogP contribution in [0.4, 0.5) is 11.4 Å². The Labute approximate surface area is 140 Å². The summed E-state index contributed by atoms with van der Waals surface area (Å²) < 4.78 is 6.11. The molecule has 2 aromatic carbocycles. The maximum absolute atomic E-state index is 11.0. The zero-order valence-corrected chi connectivity index (χ0v) is 13.8. The third-order valence-corrected chi connectivity index (χ3v) is 3.30. The van der Waals surface area contributed by atoms with E-state index >= 15 is 0 Å². The molecule has 0 aromatic heterocycles. The van der Waals surface area contributed by atoms with Gasteiger partial charge in [-0.1, -0.05) is 22.0 Å². The van der Waals surface area contributed by atoms with Gasteiger partial charge in [-0.3, -0.25) is 15.5 Å². The van der Waals surface area contributed by atoms with E-state index in [4.69, 9.17) is 4.74 Å². The number of nitrogens with zero attached hydrogens (tertiary/aromatic N) is 2. The Morgan fingerprint density at radius 3 is 2.87 bits per heavy atom. The van der Waals surface area contributed by atoms with E-state index in [2.05, 4.69) is 26.5 Å². The number of anilines is 1. The topological polar surface area (TPSA) is 97.0 Å². The highest BCUT2D eigenvalue weighted by molar-refractivity contribution is 9.10. The van der Waals surface area contributed by atoms with E-state index in [1.54, 1.807) is 6.92 Å². The molecule has 0 saturated heterocycles. The zero-order valence-electron chi connectivity index (χ0n) is 12.2. The second-order valence-corrected chi connectivity index (χ2v) is 5.37. The summed E-state index contributed by atoms with van der Waals surface area (Å²) in [6, 6.07) is 10.1. The molecule has 8 heteroatoms. The minimum absolute atomic E-state index is 0.0469. The van der Waals surface area contributed by atoms with Crippen LogP contribution in [0.2, 0.25) is 0 Å². The first-order valence-corrected chi connectivity index (χ1v) is 7.49. The molecule has 0 atom stereocenters. The third-order valence-electron chi connectivity index (χ3n) is 2.81. The number of phenolic OH excluding ortho intramolecular Hbond substituents is 1. The van der Waals surface area contributed by atoms with Gasteiger partial charge in [0, 0.05) is 16.1 Å². The number of nitro groups is 1. The molecule has 23 heavy (non-hydrogen) atoms. The highest BCUT2D eigenvalue weighted by Gasteiger charge is 2.19. The molecule has 120 valence electrons. The van der Waals surface area contributed by atoms with Crippen LogP contribution in [-0.4, -0.2) is 22.9 Å². The van der Waals surface area contributed by atoms with Gasteiger partial charge >= 0.3 is 5.69 Å². The summed E-state index contributed by atoms with van der Waals surface area (Å²) >= 11 is 3.35. The van der Waals surface area contributed by atoms with Crippen LogP contribution in [0, 0.1) is 10.1 Å². The van der Waals surface area contributed by atoms with E-state index in [1.807, 2.05) is 24.3 Å². The van der Waals surface area contributed by atoms with Crippen molar-refractivity contribution >= 4 is 33.5 Å². The van der Waals surface area contributed by atoms with Crippen molar-refractivity contribution in [1.82, 2.24) is 0 Å². The van der Waals surface area contributed by atoms with Crippen molar-refractivity contribution in [2.24, 2.45) is 5.10 Å². The van der Waals surface area contributed by atoms with Gasteiger partial charge in [0.25, 0.3) is 0 Å². The molecular weight excluding hydrogens is 366 g/mol. The smallest absolute Gasteiger partial charge is 0.315 e. The molecule has 0 spiro atoms. The number of hydrazone groups is 1. The molecule has 0 aliphatic rings. The Kier molecular flexibility index (Phi) is 5.53. The predicted octanol–water partition coefficient (Wildman–Crippen LogP) is 3.91.